The molecule has 2 aliphatic heterocycles. The van der Waals surface area contributed by atoms with Gasteiger partial charge in [-0.15, -0.1) is 29.9 Å². The number of carbonyl (C=O) groups is 1. The largest absolute Gasteiger partial charge is 0.351 e. The van der Waals surface area contributed by atoms with Crippen LogP contribution in [-0.4, -0.2) is 65.6 Å². The lowest BCUT2D eigenvalue weighted by Gasteiger charge is -2.28. The molecule has 0 aromatic carbocycles. The Morgan fingerprint density at radius 2 is 1.92 bits per heavy atom. The number of likely N-dealkylation sites (tertiary alicyclic amines) is 1. The van der Waals surface area contributed by atoms with Gasteiger partial charge in [0.15, 0.2) is 5.69 Å². The number of amides is 1. The standard InChI is InChI=1S/C16H28N6O.2ClH/c1-21-10-5-13(6-11-21)2-9-18-16(23)15-12-22(20-19-15)14-3-7-17-8-4-14;;/h12-14,17H,2-11H2,1H3,(H,18,23);2*1H. The topological polar surface area (TPSA) is 75.1 Å². The summed E-state index contributed by atoms with van der Waals surface area (Å²) in [6, 6.07) is 0.365. The molecule has 9 heteroatoms. The van der Waals surface area contributed by atoms with Gasteiger partial charge < -0.3 is 15.5 Å². The number of nitrogens with one attached hydrogen (secondary N) is 2. The Balaban J connectivity index is 0.00000156. The Hall–Kier alpha value is -0.890. The van der Waals surface area contributed by atoms with E-state index in [4.69, 9.17) is 0 Å². The molecule has 0 atom stereocenters. The second-order valence-corrected chi connectivity index (χ2v) is 6.86. The number of aromatic nitrogens is 3. The third-order valence-electron chi connectivity index (χ3n) is 5.10. The lowest BCUT2D eigenvalue weighted by molar-refractivity contribution is 0.0944. The van der Waals surface area contributed by atoms with E-state index in [0.29, 0.717) is 11.7 Å². The fourth-order valence-corrected chi connectivity index (χ4v) is 3.46. The Morgan fingerprint density at radius 3 is 2.60 bits per heavy atom. The van der Waals surface area contributed by atoms with Crippen molar-refractivity contribution in [2.45, 2.75) is 38.1 Å². The lowest BCUT2D eigenvalue weighted by atomic mass is 9.94. The first-order chi connectivity index (χ1) is 11.2. The van der Waals surface area contributed by atoms with Gasteiger partial charge in [0.1, 0.15) is 0 Å². The molecule has 0 aliphatic carbocycles. The van der Waals surface area contributed by atoms with E-state index in [9.17, 15) is 4.79 Å². The number of hydrogen-bond acceptors (Lipinski definition) is 5. The highest BCUT2D eigenvalue weighted by molar-refractivity contribution is 5.91. The predicted molar refractivity (Wildman–Crippen MR) is 103 cm³/mol. The van der Waals surface area contributed by atoms with Crippen LogP contribution in [0.15, 0.2) is 6.20 Å². The van der Waals surface area contributed by atoms with Crippen LogP contribution in [0.4, 0.5) is 0 Å². The second kappa shape index (κ2) is 11.0. The first-order valence-electron chi connectivity index (χ1n) is 8.81. The van der Waals surface area contributed by atoms with Crippen LogP contribution in [-0.2, 0) is 0 Å². The molecule has 1 aromatic heterocycles. The van der Waals surface area contributed by atoms with Crippen molar-refractivity contribution in [1.82, 2.24) is 30.5 Å². The molecule has 0 saturated carbocycles. The number of hydrogen-bond donors (Lipinski definition) is 2. The minimum absolute atomic E-state index is 0. The van der Waals surface area contributed by atoms with Crippen molar-refractivity contribution in [2.75, 3.05) is 39.8 Å². The van der Waals surface area contributed by atoms with Crippen molar-refractivity contribution < 1.29 is 4.79 Å². The van der Waals surface area contributed by atoms with Gasteiger partial charge in [-0.05, 0) is 71.2 Å². The van der Waals surface area contributed by atoms with E-state index in [2.05, 4.69) is 32.9 Å². The molecule has 2 saturated heterocycles. The number of carbonyl (C=O) groups excluding carboxylic acids is 1. The summed E-state index contributed by atoms with van der Waals surface area (Å²) in [5.41, 5.74) is 0.437. The van der Waals surface area contributed by atoms with Gasteiger partial charge in [0.2, 0.25) is 0 Å². The van der Waals surface area contributed by atoms with Crippen LogP contribution in [0.1, 0.15) is 48.6 Å². The summed E-state index contributed by atoms with van der Waals surface area (Å²) in [7, 11) is 2.17. The third kappa shape index (κ3) is 6.40. The van der Waals surface area contributed by atoms with Gasteiger partial charge in [-0.25, -0.2) is 4.68 Å². The Labute approximate surface area is 162 Å². The van der Waals surface area contributed by atoms with Crippen LogP contribution in [0.5, 0.6) is 0 Å². The molecule has 0 radical (unpaired) electrons. The zero-order valence-electron chi connectivity index (χ0n) is 14.8. The Kier molecular flexibility index (Phi) is 9.71. The van der Waals surface area contributed by atoms with E-state index in [-0.39, 0.29) is 30.7 Å². The predicted octanol–water partition coefficient (Wildman–Crippen LogP) is 1.51. The average Bonchev–Trinajstić information content (AvgIpc) is 3.07. The van der Waals surface area contributed by atoms with Crippen molar-refractivity contribution in [2.24, 2.45) is 5.92 Å². The number of piperidine rings is 2. The SMILES string of the molecule is CN1CCC(CCNC(=O)c2cn(C3CCNCC3)nn2)CC1.Cl.Cl. The molecule has 2 aliphatic rings. The fraction of sp³-hybridized carbons (Fsp3) is 0.812. The van der Waals surface area contributed by atoms with E-state index in [1.807, 2.05) is 4.68 Å². The van der Waals surface area contributed by atoms with Crippen LogP contribution in [0, 0.1) is 5.92 Å². The van der Waals surface area contributed by atoms with Crippen LogP contribution in [0.3, 0.4) is 0 Å². The van der Waals surface area contributed by atoms with Crippen LogP contribution < -0.4 is 10.6 Å². The van der Waals surface area contributed by atoms with Gasteiger partial charge in [-0.2, -0.15) is 0 Å². The summed E-state index contributed by atoms with van der Waals surface area (Å²) in [6.45, 7) is 5.07. The van der Waals surface area contributed by atoms with Gasteiger partial charge in [-0.3, -0.25) is 4.79 Å². The summed E-state index contributed by atoms with van der Waals surface area (Å²) in [5.74, 6) is 0.634. The Bertz CT molecular complexity index is 512. The molecular weight excluding hydrogens is 363 g/mol. The maximum absolute atomic E-state index is 12.2. The van der Waals surface area contributed by atoms with E-state index in [0.717, 1.165) is 44.8 Å². The van der Waals surface area contributed by atoms with E-state index in [1.165, 1.54) is 25.9 Å². The van der Waals surface area contributed by atoms with Crippen LogP contribution in [0.25, 0.3) is 0 Å². The molecule has 0 bridgehead atoms. The number of halogens is 2. The van der Waals surface area contributed by atoms with Gasteiger partial charge in [0, 0.05) is 6.54 Å². The third-order valence-corrected chi connectivity index (χ3v) is 5.10. The van der Waals surface area contributed by atoms with E-state index >= 15 is 0 Å². The first kappa shape index (κ1) is 22.2. The maximum atomic E-state index is 12.2. The number of rotatable bonds is 5. The molecule has 7 nitrogen and oxygen atoms in total. The first-order valence-corrected chi connectivity index (χ1v) is 8.81. The van der Waals surface area contributed by atoms with Crippen molar-refractivity contribution in [3.05, 3.63) is 11.9 Å². The van der Waals surface area contributed by atoms with Gasteiger partial charge in [0.05, 0.1) is 12.2 Å². The molecule has 3 heterocycles. The zero-order chi connectivity index (χ0) is 16.1. The van der Waals surface area contributed by atoms with Crippen molar-refractivity contribution in [1.29, 1.82) is 0 Å². The minimum Gasteiger partial charge on any atom is -0.351 e. The molecule has 25 heavy (non-hydrogen) atoms. The molecule has 3 rings (SSSR count). The monoisotopic (exact) mass is 392 g/mol. The van der Waals surface area contributed by atoms with E-state index < -0.39 is 0 Å². The maximum Gasteiger partial charge on any atom is 0.273 e. The molecule has 1 amide bonds. The summed E-state index contributed by atoms with van der Waals surface area (Å²) in [4.78, 5) is 14.6. The quantitative estimate of drug-likeness (QED) is 0.793. The highest BCUT2D eigenvalue weighted by Gasteiger charge is 2.19. The summed E-state index contributed by atoms with van der Waals surface area (Å²) in [6.07, 6.45) is 7.40. The molecular formula is C16H30Cl2N6O. The average molecular weight is 393 g/mol. The number of nitrogens with zero attached hydrogens (tertiary/aromatic N) is 4. The van der Waals surface area contributed by atoms with Gasteiger partial charge in [0.25, 0.3) is 5.91 Å². The van der Waals surface area contributed by atoms with Gasteiger partial charge in [-0.1, -0.05) is 5.21 Å². The molecule has 1 aromatic rings. The molecule has 0 spiro atoms. The van der Waals surface area contributed by atoms with E-state index in [1.54, 1.807) is 6.20 Å². The molecule has 144 valence electrons. The van der Waals surface area contributed by atoms with Crippen LogP contribution in [0.2, 0.25) is 0 Å². The lowest BCUT2D eigenvalue weighted by Crippen LogP contribution is -2.32. The van der Waals surface area contributed by atoms with Crippen LogP contribution >= 0.6 is 24.8 Å². The van der Waals surface area contributed by atoms with Gasteiger partial charge >= 0.3 is 0 Å². The highest BCUT2D eigenvalue weighted by atomic mass is 35.5. The smallest absolute Gasteiger partial charge is 0.273 e. The van der Waals surface area contributed by atoms with Crippen molar-refractivity contribution >= 4 is 30.7 Å². The summed E-state index contributed by atoms with van der Waals surface area (Å²) >= 11 is 0. The van der Waals surface area contributed by atoms with Crippen molar-refractivity contribution in [3.8, 4) is 0 Å². The summed E-state index contributed by atoms with van der Waals surface area (Å²) < 4.78 is 1.85. The molecule has 2 fully saturated rings. The molecule has 2 N–H and O–H groups in total. The molecule has 0 unspecified atom stereocenters. The zero-order valence-corrected chi connectivity index (χ0v) is 16.4. The Morgan fingerprint density at radius 1 is 1.24 bits per heavy atom. The highest BCUT2D eigenvalue weighted by Crippen LogP contribution is 2.19. The summed E-state index contributed by atoms with van der Waals surface area (Å²) in [5, 5.41) is 14.5. The second-order valence-electron chi connectivity index (χ2n) is 6.86. The minimum atomic E-state index is -0.0990. The normalized spacial score (nSPS) is 19.7. The van der Waals surface area contributed by atoms with Crippen molar-refractivity contribution in [3.63, 3.8) is 0 Å². The fourth-order valence-electron chi connectivity index (χ4n) is 3.46.